The van der Waals surface area contributed by atoms with Crippen LogP contribution in [0.5, 0.6) is 0 Å². The Bertz CT molecular complexity index is 837. The van der Waals surface area contributed by atoms with E-state index >= 15 is 0 Å². The Kier molecular flexibility index (Phi) is 4.35. The normalized spacial score (nSPS) is 11.1. The minimum Gasteiger partial charge on any atom is -0.354 e. The number of benzene rings is 1. The molecular weight excluding hydrogens is 310 g/mol. The molecule has 118 valence electrons. The van der Waals surface area contributed by atoms with E-state index in [0.29, 0.717) is 5.02 Å². The molecule has 0 saturated carbocycles. The van der Waals surface area contributed by atoms with Crippen LogP contribution in [0.3, 0.4) is 0 Å². The van der Waals surface area contributed by atoms with Crippen molar-refractivity contribution >= 4 is 23.2 Å². The highest BCUT2D eigenvalue weighted by Gasteiger charge is 2.17. The lowest BCUT2D eigenvalue weighted by Crippen LogP contribution is -2.31. The van der Waals surface area contributed by atoms with Gasteiger partial charge in [-0.3, -0.25) is 4.79 Å². The number of carbonyl (C=O) groups excluding carboxylic acids is 1. The second-order valence-electron chi connectivity index (χ2n) is 5.74. The van der Waals surface area contributed by atoms with Gasteiger partial charge in [-0.1, -0.05) is 29.8 Å². The van der Waals surface area contributed by atoms with Crippen molar-refractivity contribution in [2.45, 2.75) is 26.3 Å². The third-order valence-electron chi connectivity index (χ3n) is 3.52. The van der Waals surface area contributed by atoms with Crippen molar-refractivity contribution in [3.8, 4) is 11.3 Å². The van der Waals surface area contributed by atoms with Crippen LogP contribution in [0.1, 0.15) is 19.5 Å². The average molecular weight is 328 g/mol. The van der Waals surface area contributed by atoms with Gasteiger partial charge in [0.1, 0.15) is 5.65 Å². The molecular formula is C18H18ClN3O. The number of halogens is 1. The molecule has 2 aromatic heterocycles. The van der Waals surface area contributed by atoms with Crippen molar-refractivity contribution in [3.63, 3.8) is 0 Å². The van der Waals surface area contributed by atoms with E-state index in [1.54, 1.807) is 0 Å². The zero-order valence-corrected chi connectivity index (χ0v) is 13.8. The molecule has 2 heterocycles. The molecule has 4 nitrogen and oxygen atoms in total. The van der Waals surface area contributed by atoms with Crippen molar-refractivity contribution in [3.05, 3.63) is 59.4 Å². The Morgan fingerprint density at radius 2 is 1.96 bits per heavy atom. The van der Waals surface area contributed by atoms with Crippen LogP contribution >= 0.6 is 11.6 Å². The predicted octanol–water partition coefficient (Wildman–Crippen LogP) is 3.72. The quantitative estimate of drug-likeness (QED) is 0.793. The predicted molar refractivity (Wildman–Crippen MR) is 92.6 cm³/mol. The van der Waals surface area contributed by atoms with Crippen LogP contribution in [-0.2, 0) is 11.2 Å². The molecule has 3 aromatic rings. The molecule has 0 spiro atoms. The lowest BCUT2D eigenvalue weighted by molar-refractivity contribution is -0.120. The van der Waals surface area contributed by atoms with E-state index in [-0.39, 0.29) is 18.4 Å². The first-order valence-electron chi connectivity index (χ1n) is 7.56. The van der Waals surface area contributed by atoms with Crippen LogP contribution in [0.15, 0.2) is 48.7 Å². The van der Waals surface area contributed by atoms with Crippen LogP contribution in [0.4, 0.5) is 0 Å². The zero-order valence-electron chi connectivity index (χ0n) is 13.1. The van der Waals surface area contributed by atoms with Crippen molar-refractivity contribution < 1.29 is 4.79 Å². The van der Waals surface area contributed by atoms with E-state index < -0.39 is 0 Å². The van der Waals surface area contributed by atoms with E-state index in [1.807, 2.05) is 66.9 Å². The first-order valence-corrected chi connectivity index (χ1v) is 7.93. The van der Waals surface area contributed by atoms with Gasteiger partial charge < -0.3 is 9.72 Å². The lowest BCUT2D eigenvalue weighted by Gasteiger charge is -2.09. The molecule has 0 fully saturated rings. The van der Waals surface area contributed by atoms with Gasteiger partial charge >= 0.3 is 0 Å². The molecule has 0 bridgehead atoms. The number of amides is 1. The van der Waals surface area contributed by atoms with E-state index in [9.17, 15) is 4.79 Å². The number of hydrogen-bond acceptors (Lipinski definition) is 2. The molecule has 5 heteroatoms. The van der Waals surface area contributed by atoms with Crippen molar-refractivity contribution in [1.82, 2.24) is 14.7 Å². The Morgan fingerprint density at radius 3 is 2.65 bits per heavy atom. The van der Waals surface area contributed by atoms with Gasteiger partial charge in [-0.05, 0) is 38.1 Å². The Labute approximate surface area is 140 Å². The van der Waals surface area contributed by atoms with Crippen molar-refractivity contribution in [1.29, 1.82) is 0 Å². The molecule has 0 saturated heterocycles. The first kappa shape index (κ1) is 15.6. The molecule has 0 aliphatic heterocycles. The van der Waals surface area contributed by atoms with E-state index in [1.165, 1.54) is 0 Å². The molecule has 3 rings (SSSR count). The summed E-state index contributed by atoms with van der Waals surface area (Å²) in [7, 11) is 0. The smallest absolute Gasteiger partial charge is 0.226 e. The summed E-state index contributed by atoms with van der Waals surface area (Å²) in [6.07, 6.45) is 2.21. The van der Waals surface area contributed by atoms with Gasteiger partial charge in [0.25, 0.3) is 0 Å². The summed E-state index contributed by atoms with van der Waals surface area (Å²) in [6, 6.07) is 13.4. The van der Waals surface area contributed by atoms with Gasteiger partial charge in [0.2, 0.25) is 5.91 Å². The van der Waals surface area contributed by atoms with E-state index in [0.717, 1.165) is 22.6 Å². The van der Waals surface area contributed by atoms with Crippen molar-refractivity contribution in [2.24, 2.45) is 0 Å². The maximum absolute atomic E-state index is 12.2. The van der Waals surface area contributed by atoms with Gasteiger partial charge in [-0.2, -0.15) is 0 Å². The fourth-order valence-electron chi connectivity index (χ4n) is 2.58. The van der Waals surface area contributed by atoms with Crippen molar-refractivity contribution in [2.75, 3.05) is 0 Å². The highest BCUT2D eigenvalue weighted by molar-refractivity contribution is 6.30. The molecule has 1 N–H and O–H groups in total. The zero-order chi connectivity index (χ0) is 16.4. The minimum absolute atomic E-state index is 0.0131. The molecule has 0 atom stereocenters. The number of hydrogen-bond donors (Lipinski definition) is 1. The summed E-state index contributed by atoms with van der Waals surface area (Å²) in [5, 5.41) is 3.61. The highest BCUT2D eigenvalue weighted by Crippen LogP contribution is 2.26. The minimum atomic E-state index is -0.0131. The largest absolute Gasteiger partial charge is 0.354 e. The van der Waals surface area contributed by atoms with Crippen LogP contribution < -0.4 is 5.32 Å². The SMILES string of the molecule is CC(C)NC(=O)Cc1c(-c2ccc(Cl)cc2)nc2ccccn12. The first-order chi connectivity index (χ1) is 11.0. The number of nitrogens with zero attached hydrogens (tertiary/aromatic N) is 2. The van der Waals surface area contributed by atoms with Crippen LogP contribution in [0, 0.1) is 0 Å². The summed E-state index contributed by atoms with van der Waals surface area (Å²) in [6.45, 7) is 3.90. The molecule has 0 radical (unpaired) electrons. The fourth-order valence-corrected chi connectivity index (χ4v) is 2.71. The summed E-state index contributed by atoms with van der Waals surface area (Å²) >= 11 is 5.97. The fraction of sp³-hybridized carbons (Fsp3) is 0.222. The number of carbonyl (C=O) groups is 1. The maximum atomic E-state index is 12.2. The molecule has 1 aromatic carbocycles. The Balaban J connectivity index is 2.07. The highest BCUT2D eigenvalue weighted by atomic mass is 35.5. The third kappa shape index (κ3) is 3.37. The number of fused-ring (bicyclic) bond motifs is 1. The lowest BCUT2D eigenvalue weighted by atomic mass is 10.1. The van der Waals surface area contributed by atoms with Gasteiger partial charge in [0, 0.05) is 22.8 Å². The van der Waals surface area contributed by atoms with Crippen LogP contribution in [-0.4, -0.2) is 21.3 Å². The molecule has 0 unspecified atom stereocenters. The average Bonchev–Trinajstić information content (AvgIpc) is 2.86. The second kappa shape index (κ2) is 6.42. The number of nitrogens with one attached hydrogen (secondary N) is 1. The monoisotopic (exact) mass is 327 g/mol. The second-order valence-corrected chi connectivity index (χ2v) is 6.18. The van der Waals surface area contributed by atoms with Crippen LogP contribution in [0.2, 0.25) is 5.02 Å². The number of pyridine rings is 1. The number of rotatable bonds is 4. The van der Waals surface area contributed by atoms with Gasteiger partial charge in [-0.25, -0.2) is 4.98 Å². The van der Waals surface area contributed by atoms with Crippen LogP contribution in [0.25, 0.3) is 16.9 Å². The molecule has 0 aliphatic carbocycles. The third-order valence-corrected chi connectivity index (χ3v) is 3.78. The summed E-state index contributed by atoms with van der Waals surface area (Å²) < 4.78 is 1.96. The van der Waals surface area contributed by atoms with E-state index in [4.69, 9.17) is 11.6 Å². The molecule has 23 heavy (non-hydrogen) atoms. The number of aromatic nitrogens is 2. The Hall–Kier alpha value is -2.33. The van der Waals surface area contributed by atoms with Gasteiger partial charge in [0.15, 0.2) is 0 Å². The maximum Gasteiger partial charge on any atom is 0.226 e. The summed E-state index contributed by atoms with van der Waals surface area (Å²) in [5.74, 6) is -0.0131. The van der Waals surface area contributed by atoms with Gasteiger partial charge in [-0.15, -0.1) is 0 Å². The summed E-state index contributed by atoms with van der Waals surface area (Å²) in [5.41, 5.74) is 3.46. The Morgan fingerprint density at radius 1 is 1.22 bits per heavy atom. The topological polar surface area (TPSA) is 46.4 Å². The van der Waals surface area contributed by atoms with E-state index in [2.05, 4.69) is 10.3 Å². The standard InChI is InChI=1S/C18H18ClN3O/c1-12(2)20-17(23)11-15-18(13-6-8-14(19)9-7-13)21-16-5-3-4-10-22(15)16/h3-10,12H,11H2,1-2H3,(H,20,23). The molecule has 1 amide bonds. The number of imidazole rings is 1. The van der Waals surface area contributed by atoms with Gasteiger partial charge in [0.05, 0.1) is 17.8 Å². The molecule has 0 aliphatic rings. The summed E-state index contributed by atoms with van der Waals surface area (Å²) in [4.78, 5) is 16.9.